The van der Waals surface area contributed by atoms with Crippen LogP contribution in [0.4, 0.5) is 11.4 Å². The minimum Gasteiger partial charge on any atom is -0.380 e. The molecule has 21 heavy (non-hydrogen) atoms. The molecule has 1 N–H and O–H groups in total. The molecule has 0 heterocycles. The van der Waals surface area contributed by atoms with Crippen LogP contribution in [-0.2, 0) is 17.9 Å². The number of ether oxygens (including phenoxy) is 1. The molecule has 0 fully saturated rings. The van der Waals surface area contributed by atoms with E-state index in [-0.39, 0.29) is 0 Å². The highest BCUT2D eigenvalue weighted by atomic mass is 35.5. The largest absolute Gasteiger partial charge is 0.380 e. The normalized spacial score (nSPS) is 10.5. The highest BCUT2D eigenvalue weighted by Crippen LogP contribution is 2.28. The van der Waals surface area contributed by atoms with Crippen LogP contribution in [-0.4, -0.2) is 21.2 Å². The summed E-state index contributed by atoms with van der Waals surface area (Å²) in [6, 6.07) is 14.2. The topological polar surface area (TPSA) is 24.5 Å². The van der Waals surface area contributed by atoms with Crippen LogP contribution < -0.4 is 10.2 Å². The lowest BCUT2D eigenvalue weighted by Gasteiger charge is -2.19. The van der Waals surface area contributed by atoms with E-state index in [2.05, 4.69) is 34.5 Å². The van der Waals surface area contributed by atoms with Gasteiger partial charge in [-0.3, -0.25) is 0 Å². The van der Waals surface area contributed by atoms with E-state index in [1.54, 1.807) is 7.11 Å². The molecule has 0 spiro atoms. The summed E-state index contributed by atoms with van der Waals surface area (Å²) in [6.07, 6.45) is 0. The van der Waals surface area contributed by atoms with Crippen LogP contribution in [0.5, 0.6) is 0 Å². The maximum Gasteiger partial charge on any atom is 0.0713 e. The molecule has 112 valence electrons. The number of halogens is 1. The standard InChI is InChI=1S/C17H21ClN2O/c1-20(2)17-8-7-15(18)10-16(17)19-11-13-5-4-6-14(9-13)12-21-3/h4-10,19H,11-12H2,1-3H3. The predicted molar refractivity (Wildman–Crippen MR) is 90.3 cm³/mol. The Hall–Kier alpha value is -1.71. The monoisotopic (exact) mass is 304 g/mol. The lowest BCUT2D eigenvalue weighted by molar-refractivity contribution is 0.185. The Morgan fingerprint density at radius 2 is 1.86 bits per heavy atom. The lowest BCUT2D eigenvalue weighted by atomic mass is 10.1. The molecule has 0 aliphatic heterocycles. The van der Waals surface area contributed by atoms with Gasteiger partial charge >= 0.3 is 0 Å². The summed E-state index contributed by atoms with van der Waals surface area (Å²) in [5.41, 5.74) is 4.54. The van der Waals surface area contributed by atoms with Gasteiger partial charge in [0, 0.05) is 32.8 Å². The van der Waals surface area contributed by atoms with Crippen molar-refractivity contribution in [3.63, 3.8) is 0 Å². The molecule has 0 saturated carbocycles. The highest BCUT2D eigenvalue weighted by molar-refractivity contribution is 6.31. The van der Waals surface area contributed by atoms with Gasteiger partial charge in [-0.25, -0.2) is 0 Å². The summed E-state index contributed by atoms with van der Waals surface area (Å²) >= 11 is 6.09. The third-order valence-corrected chi connectivity index (χ3v) is 3.46. The molecule has 0 aromatic heterocycles. The predicted octanol–water partition coefficient (Wildman–Crippen LogP) is 4.16. The molecule has 0 saturated heterocycles. The summed E-state index contributed by atoms with van der Waals surface area (Å²) in [6.45, 7) is 1.38. The van der Waals surface area contributed by atoms with Crippen LogP contribution in [0, 0.1) is 0 Å². The summed E-state index contributed by atoms with van der Waals surface area (Å²) in [5.74, 6) is 0. The zero-order chi connectivity index (χ0) is 15.2. The van der Waals surface area contributed by atoms with Crippen molar-refractivity contribution in [1.29, 1.82) is 0 Å². The third-order valence-electron chi connectivity index (χ3n) is 3.23. The fourth-order valence-electron chi connectivity index (χ4n) is 2.23. The van der Waals surface area contributed by atoms with Gasteiger partial charge in [-0.2, -0.15) is 0 Å². The van der Waals surface area contributed by atoms with Gasteiger partial charge in [-0.15, -0.1) is 0 Å². The molecular weight excluding hydrogens is 284 g/mol. The zero-order valence-electron chi connectivity index (χ0n) is 12.7. The molecule has 0 aliphatic rings. The minimum atomic E-state index is 0.633. The van der Waals surface area contributed by atoms with E-state index in [0.29, 0.717) is 6.61 Å². The Labute approximate surface area is 131 Å². The van der Waals surface area contributed by atoms with E-state index >= 15 is 0 Å². The van der Waals surface area contributed by atoms with Crippen molar-refractivity contribution in [3.05, 3.63) is 58.6 Å². The molecule has 0 atom stereocenters. The van der Waals surface area contributed by atoms with Crippen molar-refractivity contribution < 1.29 is 4.74 Å². The Morgan fingerprint density at radius 1 is 1.10 bits per heavy atom. The molecule has 0 unspecified atom stereocenters. The van der Waals surface area contributed by atoms with Crippen LogP contribution in [0.3, 0.4) is 0 Å². The first-order valence-electron chi connectivity index (χ1n) is 6.87. The van der Waals surface area contributed by atoms with E-state index in [4.69, 9.17) is 16.3 Å². The SMILES string of the molecule is COCc1cccc(CNc2cc(Cl)ccc2N(C)C)c1. The van der Waals surface area contributed by atoms with E-state index in [0.717, 1.165) is 22.9 Å². The Balaban J connectivity index is 2.12. The number of hydrogen-bond acceptors (Lipinski definition) is 3. The molecule has 0 bridgehead atoms. The van der Waals surface area contributed by atoms with E-state index in [9.17, 15) is 0 Å². The molecule has 4 heteroatoms. The van der Waals surface area contributed by atoms with Crippen molar-refractivity contribution in [2.75, 3.05) is 31.4 Å². The number of rotatable bonds is 6. The number of nitrogens with zero attached hydrogens (tertiary/aromatic N) is 1. The van der Waals surface area contributed by atoms with Gasteiger partial charge in [0.05, 0.1) is 18.0 Å². The average Bonchev–Trinajstić information content (AvgIpc) is 2.45. The van der Waals surface area contributed by atoms with Crippen molar-refractivity contribution in [1.82, 2.24) is 0 Å². The third kappa shape index (κ3) is 4.38. The van der Waals surface area contributed by atoms with Crippen molar-refractivity contribution in [2.24, 2.45) is 0 Å². The van der Waals surface area contributed by atoms with Crippen LogP contribution in [0.1, 0.15) is 11.1 Å². The Morgan fingerprint density at radius 3 is 2.57 bits per heavy atom. The second-order valence-electron chi connectivity index (χ2n) is 5.16. The Kier molecular flexibility index (Phi) is 5.48. The number of nitrogens with one attached hydrogen (secondary N) is 1. The summed E-state index contributed by atoms with van der Waals surface area (Å²) in [7, 11) is 5.75. The smallest absolute Gasteiger partial charge is 0.0713 e. The molecular formula is C17H21ClN2O. The van der Waals surface area contributed by atoms with Crippen LogP contribution >= 0.6 is 11.6 Å². The highest BCUT2D eigenvalue weighted by Gasteiger charge is 2.05. The summed E-state index contributed by atoms with van der Waals surface area (Å²) in [4.78, 5) is 2.07. The van der Waals surface area contributed by atoms with Gasteiger partial charge in [-0.1, -0.05) is 35.9 Å². The number of anilines is 2. The molecule has 0 radical (unpaired) electrons. The van der Waals surface area contributed by atoms with Gasteiger partial charge < -0.3 is 15.0 Å². The van der Waals surface area contributed by atoms with Gasteiger partial charge in [0.25, 0.3) is 0 Å². The molecule has 0 aliphatic carbocycles. The van der Waals surface area contributed by atoms with Crippen molar-refractivity contribution in [3.8, 4) is 0 Å². The maximum atomic E-state index is 6.09. The summed E-state index contributed by atoms with van der Waals surface area (Å²) in [5, 5.41) is 4.19. The van der Waals surface area contributed by atoms with Crippen LogP contribution in [0.25, 0.3) is 0 Å². The molecule has 0 amide bonds. The maximum absolute atomic E-state index is 6.09. The average molecular weight is 305 g/mol. The van der Waals surface area contributed by atoms with Crippen molar-refractivity contribution >= 4 is 23.0 Å². The number of methoxy groups -OCH3 is 1. The zero-order valence-corrected chi connectivity index (χ0v) is 13.4. The van der Waals surface area contributed by atoms with E-state index in [1.165, 1.54) is 11.1 Å². The first-order valence-corrected chi connectivity index (χ1v) is 7.25. The summed E-state index contributed by atoms with van der Waals surface area (Å²) < 4.78 is 5.17. The molecule has 3 nitrogen and oxygen atoms in total. The van der Waals surface area contributed by atoms with E-state index in [1.807, 2.05) is 32.3 Å². The first-order chi connectivity index (χ1) is 10.1. The molecule has 2 aromatic carbocycles. The van der Waals surface area contributed by atoms with Gasteiger partial charge in [0.15, 0.2) is 0 Å². The second kappa shape index (κ2) is 7.34. The second-order valence-corrected chi connectivity index (χ2v) is 5.60. The Bertz CT molecular complexity index is 599. The van der Waals surface area contributed by atoms with Crippen LogP contribution in [0.2, 0.25) is 5.02 Å². The van der Waals surface area contributed by atoms with Crippen LogP contribution in [0.15, 0.2) is 42.5 Å². The van der Waals surface area contributed by atoms with Gasteiger partial charge in [0.2, 0.25) is 0 Å². The minimum absolute atomic E-state index is 0.633. The number of benzene rings is 2. The van der Waals surface area contributed by atoms with E-state index < -0.39 is 0 Å². The molecule has 2 rings (SSSR count). The quantitative estimate of drug-likeness (QED) is 0.867. The van der Waals surface area contributed by atoms with Crippen molar-refractivity contribution in [2.45, 2.75) is 13.2 Å². The fraction of sp³-hybridized carbons (Fsp3) is 0.294. The van der Waals surface area contributed by atoms with Gasteiger partial charge in [-0.05, 0) is 29.3 Å². The molecule has 2 aromatic rings. The number of hydrogen-bond donors (Lipinski definition) is 1. The fourth-order valence-corrected chi connectivity index (χ4v) is 2.41. The lowest BCUT2D eigenvalue weighted by Crippen LogP contribution is -2.12. The van der Waals surface area contributed by atoms with Gasteiger partial charge in [0.1, 0.15) is 0 Å². The first kappa shape index (κ1) is 15.7.